The molecule has 5 heteroatoms. The van der Waals surface area contributed by atoms with Crippen LogP contribution in [-0.4, -0.2) is 5.97 Å². The summed E-state index contributed by atoms with van der Waals surface area (Å²) in [6, 6.07) is 28.8. The van der Waals surface area contributed by atoms with Gasteiger partial charge in [0.2, 0.25) is 0 Å². The Kier molecular flexibility index (Phi) is 6.29. The van der Waals surface area contributed by atoms with Crippen molar-refractivity contribution in [2.45, 2.75) is 6.42 Å². The van der Waals surface area contributed by atoms with Gasteiger partial charge in [-0.3, -0.25) is 4.79 Å². The van der Waals surface area contributed by atoms with E-state index in [2.05, 4.69) is 5.32 Å². The van der Waals surface area contributed by atoms with E-state index >= 15 is 0 Å². The van der Waals surface area contributed by atoms with Crippen molar-refractivity contribution in [1.29, 1.82) is 0 Å². The summed E-state index contributed by atoms with van der Waals surface area (Å²) in [4.78, 5) is 12.6. The predicted molar refractivity (Wildman–Crippen MR) is 122 cm³/mol. The van der Waals surface area contributed by atoms with Gasteiger partial charge in [0.25, 0.3) is 0 Å². The van der Waals surface area contributed by atoms with Gasteiger partial charge in [-0.25, -0.2) is 4.39 Å². The maximum atomic E-state index is 14.3. The molecule has 0 unspecified atom stereocenters. The molecule has 0 saturated carbocycles. The van der Waals surface area contributed by atoms with E-state index in [0.717, 1.165) is 11.1 Å². The highest BCUT2D eigenvalue weighted by Gasteiger charge is 2.15. The molecule has 0 fully saturated rings. The van der Waals surface area contributed by atoms with Crippen LogP contribution in [0.1, 0.15) is 5.56 Å². The Bertz CT molecular complexity index is 1180. The Morgan fingerprint density at radius 1 is 0.839 bits per heavy atom. The van der Waals surface area contributed by atoms with Crippen molar-refractivity contribution in [2.75, 3.05) is 5.32 Å². The lowest BCUT2D eigenvalue weighted by Crippen LogP contribution is -2.12. The molecule has 4 aromatic rings. The molecular formula is C26H19ClFNO2. The highest BCUT2D eigenvalue weighted by molar-refractivity contribution is 6.33. The van der Waals surface area contributed by atoms with Gasteiger partial charge < -0.3 is 10.1 Å². The molecule has 0 amide bonds. The summed E-state index contributed by atoms with van der Waals surface area (Å²) in [5.41, 5.74) is 3.36. The summed E-state index contributed by atoms with van der Waals surface area (Å²) >= 11 is 6.18. The molecule has 1 N–H and O–H groups in total. The number of nitrogens with one attached hydrogen (secondary N) is 1. The fraction of sp³-hybridized carbons (Fsp3) is 0.0385. The second kappa shape index (κ2) is 9.45. The molecule has 3 nitrogen and oxygen atoms in total. The first-order valence-corrected chi connectivity index (χ1v) is 10.1. The van der Waals surface area contributed by atoms with Crippen LogP contribution < -0.4 is 10.1 Å². The van der Waals surface area contributed by atoms with Crippen LogP contribution in [0.2, 0.25) is 5.02 Å². The summed E-state index contributed by atoms with van der Waals surface area (Å²) in [6.07, 6.45) is 0.00394. The minimum absolute atomic E-state index is 0.00394. The molecule has 0 heterocycles. The molecule has 0 aliphatic rings. The third kappa shape index (κ3) is 5.11. The van der Waals surface area contributed by atoms with E-state index in [1.54, 1.807) is 36.4 Å². The fourth-order valence-corrected chi connectivity index (χ4v) is 3.45. The maximum absolute atomic E-state index is 14.3. The lowest BCUT2D eigenvalue weighted by atomic mass is 10.00. The monoisotopic (exact) mass is 431 g/mol. The van der Waals surface area contributed by atoms with Crippen LogP contribution >= 0.6 is 11.6 Å². The van der Waals surface area contributed by atoms with Gasteiger partial charge in [0.05, 0.1) is 17.1 Å². The van der Waals surface area contributed by atoms with Crippen LogP contribution in [-0.2, 0) is 11.2 Å². The number of rotatable bonds is 6. The number of hydrogen-bond acceptors (Lipinski definition) is 3. The lowest BCUT2D eigenvalue weighted by molar-refractivity contribution is -0.133. The molecule has 0 spiro atoms. The number of halogens is 2. The number of hydrogen-bond donors (Lipinski definition) is 1. The molecule has 154 valence electrons. The minimum Gasteiger partial charge on any atom is -0.426 e. The van der Waals surface area contributed by atoms with Gasteiger partial charge in [-0.2, -0.15) is 0 Å². The number of carbonyl (C=O) groups excluding carboxylic acids is 1. The third-order valence-electron chi connectivity index (χ3n) is 4.74. The topological polar surface area (TPSA) is 38.3 Å². The average molecular weight is 432 g/mol. The molecular weight excluding hydrogens is 413 g/mol. The SMILES string of the molecule is O=C(Cc1cc(-c2ccccc2)ccc1Nc1c(F)cccc1Cl)Oc1ccccc1. The standard InChI is InChI=1S/C26H19ClFNO2/c27-22-12-7-13-23(28)26(22)29-24-15-14-19(18-8-3-1-4-9-18)16-20(24)17-25(30)31-21-10-5-2-6-11-21/h1-16,29H,17H2. The van der Waals surface area contributed by atoms with Crippen LogP contribution in [0.5, 0.6) is 5.75 Å². The van der Waals surface area contributed by atoms with E-state index in [1.165, 1.54) is 6.07 Å². The number of benzene rings is 4. The van der Waals surface area contributed by atoms with E-state index in [9.17, 15) is 9.18 Å². The Balaban J connectivity index is 1.67. The molecule has 0 aromatic heterocycles. The normalized spacial score (nSPS) is 10.5. The van der Waals surface area contributed by atoms with Crippen LogP contribution in [0, 0.1) is 5.82 Å². The Morgan fingerprint density at radius 2 is 1.55 bits per heavy atom. The molecule has 31 heavy (non-hydrogen) atoms. The van der Waals surface area contributed by atoms with Gasteiger partial charge in [-0.15, -0.1) is 0 Å². The molecule has 0 atom stereocenters. The summed E-state index contributed by atoms with van der Waals surface area (Å²) < 4.78 is 19.8. The van der Waals surface area contributed by atoms with Gasteiger partial charge in [-0.05, 0) is 53.1 Å². The van der Waals surface area contributed by atoms with E-state index in [-0.39, 0.29) is 17.1 Å². The van der Waals surface area contributed by atoms with Crippen molar-refractivity contribution in [1.82, 2.24) is 0 Å². The molecule has 0 aliphatic heterocycles. The number of para-hydroxylation sites is 2. The number of esters is 1. The number of anilines is 2. The summed E-state index contributed by atoms with van der Waals surface area (Å²) in [5, 5.41) is 3.30. The fourth-order valence-electron chi connectivity index (χ4n) is 3.24. The van der Waals surface area contributed by atoms with Crippen molar-refractivity contribution in [3.8, 4) is 16.9 Å². The average Bonchev–Trinajstić information content (AvgIpc) is 2.78. The molecule has 0 aliphatic carbocycles. The molecule has 0 bridgehead atoms. The Labute approximate surface area is 185 Å². The quantitative estimate of drug-likeness (QED) is 0.263. The number of carbonyl (C=O) groups is 1. The Morgan fingerprint density at radius 3 is 2.26 bits per heavy atom. The first-order valence-electron chi connectivity index (χ1n) is 9.75. The minimum atomic E-state index is -0.475. The zero-order chi connectivity index (χ0) is 21.6. The third-order valence-corrected chi connectivity index (χ3v) is 5.06. The molecule has 0 saturated heterocycles. The molecule has 0 radical (unpaired) electrons. The zero-order valence-corrected chi connectivity index (χ0v) is 17.3. The van der Waals surface area contributed by atoms with Crippen LogP contribution in [0.4, 0.5) is 15.8 Å². The Hall–Kier alpha value is -3.63. The summed E-state index contributed by atoms with van der Waals surface area (Å²) in [5.74, 6) is -0.421. The van der Waals surface area contributed by atoms with Gasteiger partial charge in [0.15, 0.2) is 0 Å². The van der Waals surface area contributed by atoms with Crippen LogP contribution in [0.15, 0.2) is 97.1 Å². The van der Waals surface area contributed by atoms with Crippen molar-refractivity contribution < 1.29 is 13.9 Å². The maximum Gasteiger partial charge on any atom is 0.315 e. The van der Waals surface area contributed by atoms with Crippen LogP contribution in [0.25, 0.3) is 11.1 Å². The highest BCUT2D eigenvalue weighted by atomic mass is 35.5. The van der Waals surface area contributed by atoms with E-state index in [1.807, 2.05) is 54.6 Å². The first kappa shape index (κ1) is 20.6. The van der Waals surface area contributed by atoms with E-state index < -0.39 is 11.8 Å². The number of ether oxygens (including phenoxy) is 1. The zero-order valence-electron chi connectivity index (χ0n) is 16.5. The van der Waals surface area contributed by atoms with Gasteiger partial charge in [0.1, 0.15) is 11.6 Å². The predicted octanol–water partition coefficient (Wildman–Crippen LogP) is 7.04. The van der Waals surface area contributed by atoms with E-state index in [4.69, 9.17) is 16.3 Å². The van der Waals surface area contributed by atoms with Crippen molar-refractivity contribution in [3.63, 3.8) is 0 Å². The van der Waals surface area contributed by atoms with Gasteiger partial charge >= 0.3 is 5.97 Å². The largest absolute Gasteiger partial charge is 0.426 e. The van der Waals surface area contributed by atoms with Crippen molar-refractivity contribution in [3.05, 3.63) is 113 Å². The smallest absolute Gasteiger partial charge is 0.315 e. The highest BCUT2D eigenvalue weighted by Crippen LogP contribution is 2.32. The van der Waals surface area contributed by atoms with Gasteiger partial charge in [0, 0.05) is 5.69 Å². The second-order valence-corrected chi connectivity index (χ2v) is 7.33. The van der Waals surface area contributed by atoms with Crippen LogP contribution in [0.3, 0.4) is 0 Å². The molecule has 4 rings (SSSR count). The van der Waals surface area contributed by atoms with E-state index in [0.29, 0.717) is 17.0 Å². The van der Waals surface area contributed by atoms with Gasteiger partial charge in [-0.1, -0.05) is 72.3 Å². The van der Waals surface area contributed by atoms with Crippen molar-refractivity contribution >= 4 is 28.9 Å². The summed E-state index contributed by atoms with van der Waals surface area (Å²) in [6.45, 7) is 0. The first-order chi connectivity index (χ1) is 15.1. The lowest BCUT2D eigenvalue weighted by Gasteiger charge is -2.15. The summed E-state index contributed by atoms with van der Waals surface area (Å²) in [7, 11) is 0. The second-order valence-electron chi connectivity index (χ2n) is 6.92. The van der Waals surface area contributed by atoms with Crippen molar-refractivity contribution in [2.24, 2.45) is 0 Å². The molecule has 4 aromatic carbocycles.